The van der Waals surface area contributed by atoms with Gasteiger partial charge in [-0.15, -0.1) is 0 Å². The summed E-state index contributed by atoms with van der Waals surface area (Å²) in [4.78, 5) is 0. The number of nitrogens with one attached hydrogen (secondary N) is 1. The molecule has 0 amide bonds. The Kier molecular flexibility index (Phi) is 5.43. The highest BCUT2D eigenvalue weighted by Crippen LogP contribution is 2.28. The fourth-order valence-corrected chi connectivity index (χ4v) is 4.73. The van der Waals surface area contributed by atoms with Gasteiger partial charge in [-0.2, -0.15) is 0 Å². The van der Waals surface area contributed by atoms with Gasteiger partial charge in [0, 0.05) is 0 Å². The molecule has 5 heteroatoms. The van der Waals surface area contributed by atoms with Crippen molar-refractivity contribution >= 4 is 9.84 Å². The van der Waals surface area contributed by atoms with Crippen molar-refractivity contribution in [1.29, 1.82) is 0 Å². The minimum Gasteiger partial charge on any atom is -0.494 e. The summed E-state index contributed by atoms with van der Waals surface area (Å²) in [6.45, 7) is 1.48. The summed E-state index contributed by atoms with van der Waals surface area (Å²) < 4.78 is 28.9. The Balaban J connectivity index is 1.83. The van der Waals surface area contributed by atoms with Crippen molar-refractivity contribution < 1.29 is 13.2 Å². The predicted molar refractivity (Wildman–Crippen MR) is 80.7 cm³/mol. The Bertz CT molecular complexity index is 501. The molecule has 1 N–H and O–H groups in total. The number of hydrogen-bond donors (Lipinski definition) is 1. The molecule has 4 nitrogen and oxygen atoms in total. The first-order valence-electron chi connectivity index (χ1n) is 7.13. The second kappa shape index (κ2) is 7.09. The summed E-state index contributed by atoms with van der Waals surface area (Å²) in [5, 5.41) is 3.17. The third-order valence-electron chi connectivity index (χ3n) is 3.90. The SMILES string of the molecule is CNCC(CCOc1ccccc1)C1CCS(=O)(=O)C1. The molecule has 0 aromatic heterocycles. The van der Waals surface area contributed by atoms with Crippen LogP contribution in [0.15, 0.2) is 30.3 Å². The fourth-order valence-electron chi connectivity index (χ4n) is 2.81. The van der Waals surface area contributed by atoms with Crippen LogP contribution in [-0.2, 0) is 9.84 Å². The zero-order valence-corrected chi connectivity index (χ0v) is 12.7. The summed E-state index contributed by atoms with van der Waals surface area (Å²) in [5.41, 5.74) is 0. The van der Waals surface area contributed by atoms with E-state index in [1.165, 1.54) is 0 Å². The Morgan fingerprint density at radius 1 is 1.35 bits per heavy atom. The quantitative estimate of drug-likeness (QED) is 0.833. The van der Waals surface area contributed by atoms with Gasteiger partial charge < -0.3 is 10.1 Å². The largest absolute Gasteiger partial charge is 0.494 e. The van der Waals surface area contributed by atoms with Crippen molar-refractivity contribution in [1.82, 2.24) is 5.32 Å². The molecular formula is C15H23NO3S. The van der Waals surface area contributed by atoms with Gasteiger partial charge in [0.25, 0.3) is 0 Å². The summed E-state index contributed by atoms with van der Waals surface area (Å²) in [6, 6.07) is 9.73. The smallest absolute Gasteiger partial charge is 0.150 e. The summed E-state index contributed by atoms with van der Waals surface area (Å²) in [6.07, 6.45) is 1.68. The molecule has 1 heterocycles. The first kappa shape index (κ1) is 15.3. The van der Waals surface area contributed by atoms with Gasteiger partial charge in [0.1, 0.15) is 5.75 Å². The molecule has 0 bridgehead atoms. The van der Waals surface area contributed by atoms with Crippen LogP contribution in [0.3, 0.4) is 0 Å². The molecule has 1 aromatic carbocycles. The van der Waals surface area contributed by atoms with E-state index in [1.807, 2.05) is 37.4 Å². The Morgan fingerprint density at radius 3 is 2.70 bits per heavy atom. The van der Waals surface area contributed by atoms with Crippen molar-refractivity contribution in [2.75, 3.05) is 31.7 Å². The van der Waals surface area contributed by atoms with Crippen LogP contribution in [-0.4, -0.2) is 40.1 Å². The molecule has 0 saturated carbocycles. The van der Waals surface area contributed by atoms with Gasteiger partial charge in [-0.3, -0.25) is 0 Å². The third-order valence-corrected chi connectivity index (χ3v) is 5.69. The molecule has 0 radical (unpaired) electrons. The van der Waals surface area contributed by atoms with Crippen LogP contribution < -0.4 is 10.1 Å². The summed E-state index contributed by atoms with van der Waals surface area (Å²) in [7, 11) is -0.893. The average molecular weight is 297 g/mol. The number of benzene rings is 1. The van der Waals surface area contributed by atoms with E-state index in [2.05, 4.69) is 5.32 Å². The van der Waals surface area contributed by atoms with Crippen LogP contribution in [0.5, 0.6) is 5.75 Å². The summed E-state index contributed by atoms with van der Waals surface area (Å²) >= 11 is 0. The number of ether oxygens (including phenoxy) is 1. The van der Waals surface area contributed by atoms with Gasteiger partial charge in [0.15, 0.2) is 9.84 Å². The maximum absolute atomic E-state index is 11.6. The van der Waals surface area contributed by atoms with Gasteiger partial charge in [0.2, 0.25) is 0 Å². The Labute approximate surface area is 121 Å². The van der Waals surface area contributed by atoms with E-state index in [-0.39, 0.29) is 5.92 Å². The molecule has 0 aliphatic carbocycles. The van der Waals surface area contributed by atoms with Gasteiger partial charge in [-0.1, -0.05) is 18.2 Å². The van der Waals surface area contributed by atoms with Crippen LogP contribution in [0.1, 0.15) is 12.8 Å². The normalized spacial score (nSPS) is 22.6. The lowest BCUT2D eigenvalue weighted by Crippen LogP contribution is -2.28. The van der Waals surface area contributed by atoms with Crippen LogP contribution >= 0.6 is 0 Å². The van der Waals surface area contributed by atoms with Crippen molar-refractivity contribution in [3.8, 4) is 5.75 Å². The number of sulfone groups is 1. The van der Waals surface area contributed by atoms with Gasteiger partial charge in [-0.05, 0) is 50.4 Å². The molecule has 2 rings (SSSR count). The van der Waals surface area contributed by atoms with E-state index < -0.39 is 9.84 Å². The van der Waals surface area contributed by atoms with Crippen LogP contribution in [0.2, 0.25) is 0 Å². The molecule has 2 atom stereocenters. The minimum absolute atomic E-state index is 0.270. The molecule has 1 aliphatic heterocycles. The molecule has 20 heavy (non-hydrogen) atoms. The van der Waals surface area contributed by atoms with E-state index in [0.29, 0.717) is 24.0 Å². The number of hydrogen-bond acceptors (Lipinski definition) is 4. The van der Waals surface area contributed by atoms with Crippen LogP contribution in [0.25, 0.3) is 0 Å². The highest BCUT2D eigenvalue weighted by molar-refractivity contribution is 7.91. The lowest BCUT2D eigenvalue weighted by atomic mass is 9.89. The van der Waals surface area contributed by atoms with Crippen LogP contribution in [0, 0.1) is 11.8 Å². The van der Waals surface area contributed by atoms with Gasteiger partial charge in [0.05, 0.1) is 18.1 Å². The lowest BCUT2D eigenvalue weighted by Gasteiger charge is -2.22. The maximum Gasteiger partial charge on any atom is 0.150 e. The third kappa shape index (κ3) is 4.49. The molecule has 1 aromatic rings. The highest BCUT2D eigenvalue weighted by Gasteiger charge is 2.33. The van der Waals surface area contributed by atoms with E-state index >= 15 is 0 Å². The molecule has 1 saturated heterocycles. The zero-order chi connectivity index (χ0) is 14.4. The monoisotopic (exact) mass is 297 g/mol. The predicted octanol–water partition coefficient (Wildman–Crippen LogP) is 1.73. The Hall–Kier alpha value is -1.07. The van der Waals surface area contributed by atoms with E-state index in [1.54, 1.807) is 0 Å². The van der Waals surface area contributed by atoms with Crippen molar-refractivity contribution in [2.24, 2.45) is 11.8 Å². The van der Waals surface area contributed by atoms with E-state index in [4.69, 9.17) is 4.74 Å². The zero-order valence-electron chi connectivity index (χ0n) is 11.9. The summed E-state index contributed by atoms with van der Waals surface area (Å²) in [5.74, 6) is 2.19. The molecule has 112 valence electrons. The van der Waals surface area contributed by atoms with E-state index in [0.717, 1.165) is 25.1 Å². The fraction of sp³-hybridized carbons (Fsp3) is 0.600. The molecule has 1 fully saturated rings. The van der Waals surface area contributed by atoms with Crippen molar-refractivity contribution in [3.05, 3.63) is 30.3 Å². The average Bonchev–Trinajstić information content (AvgIpc) is 2.79. The first-order valence-corrected chi connectivity index (χ1v) is 8.96. The maximum atomic E-state index is 11.6. The number of rotatable bonds is 7. The molecular weight excluding hydrogens is 274 g/mol. The molecule has 0 spiro atoms. The second-order valence-corrected chi connectivity index (χ2v) is 7.66. The van der Waals surface area contributed by atoms with Crippen LogP contribution in [0.4, 0.5) is 0 Å². The topological polar surface area (TPSA) is 55.4 Å². The first-order chi connectivity index (χ1) is 9.61. The highest BCUT2D eigenvalue weighted by atomic mass is 32.2. The molecule has 2 unspecified atom stereocenters. The lowest BCUT2D eigenvalue weighted by molar-refractivity contribution is 0.241. The molecule has 1 aliphatic rings. The minimum atomic E-state index is -2.80. The standard InChI is InChI=1S/C15H23NO3S/c1-16-11-13(14-8-10-20(17,18)12-14)7-9-19-15-5-3-2-4-6-15/h2-6,13-14,16H,7-12H2,1H3. The Morgan fingerprint density at radius 2 is 2.10 bits per heavy atom. The van der Waals surface area contributed by atoms with E-state index in [9.17, 15) is 8.42 Å². The van der Waals surface area contributed by atoms with Crippen molar-refractivity contribution in [3.63, 3.8) is 0 Å². The van der Waals surface area contributed by atoms with Gasteiger partial charge in [-0.25, -0.2) is 8.42 Å². The van der Waals surface area contributed by atoms with Crippen molar-refractivity contribution in [2.45, 2.75) is 12.8 Å². The van der Waals surface area contributed by atoms with Gasteiger partial charge >= 0.3 is 0 Å². The number of para-hydroxylation sites is 1. The second-order valence-electron chi connectivity index (χ2n) is 5.43.